The van der Waals surface area contributed by atoms with E-state index in [4.69, 9.17) is 0 Å². The second kappa shape index (κ2) is 9.85. The molecule has 36 heavy (non-hydrogen) atoms. The van der Waals surface area contributed by atoms with Crippen molar-refractivity contribution in [2.75, 3.05) is 5.75 Å². The van der Waals surface area contributed by atoms with Gasteiger partial charge in [0, 0.05) is 18.8 Å². The lowest BCUT2D eigenvalue weighted by Gasteiger charge is -2.21. The number of sulfone groups is 1. The van der Waals surface area contributed by atoms with Crippen molar-refractivity contribution in [2.45, 2.75) is 56.9 Å². The van der Waals surface area contributed by atoms with Gasteiger partial charge in [0.05, 0.1) is 34.1 Å². The first-order valence-corrected chi connectivity index (χ1v) is 14.0. The van der Waals surface area contributed by atoms with Crippen LogP contribution in [0.1, 0.15) is 44.2 Å². The summed E-state index contributed by atoms with van der Waals surface area (Å²) in [7, 11) is -3.28. The van der Waals surface area contributed by atoms with E-state index in [9.17, 15) is 22.8 Å². The van der Waals surface area contributed by atoms with Crippen molar-refractivity contribution < 1.29 is 8.42 Å². The van der Waals surface area contributed by atoms with E-state index in [0.717, 1.165) is 23.8 Å². The topological polar surface area (TPSA) is 113 Å². The Morgan fingerprint density at radius 1 is 0.917 bits per heavy atom. The largest absolute Gasteiger partial charge is 0.331 e. The van der Waals surface area contributed by atoms with E-state index in [1.165, 1.54) is 15.0 Å². The van der Waals surface area contributed by atoms with Gasteiger partial charge in [-0.3, -0.25) is 23.1 Å². The fraction of sp³-hybridized carbons (Fsp3) is 0.385. The van der Waals surface area contributed by atoms with Crippen LogP contribution in [0.2, 0.25) is 0 Å². The molecule has 1 saturated carbocycles. The van der Waals surface area contributed by atoms with Crippen LogP contribution in [0.25, 0.3) is 16.6 Å². The third-order valence-electron chi connectivity index (χ3n) is 6.95. The number of fused-ring (bicyclic) bond motifs is 2. The molecule has 0 spiro atoms. The maximum Gasteiger partial charge on any atom is 0.331 e. The summed E-state index contributed by atoms with van der Waals surface area (Å²) in [6.45, 7) is 0.00287. The molecule has 3 heterocycles. The molecule has 1 aliphatic rings. The summed E-state index contributed by atoms with van der Waals surface area (Å²) in [5, 5.41) is 0.0270. The van der Waals surface area contributed by atoms with Crippen molar-refractivity contribution in [3.05, 3.63) is 91.6 Å². The number of pyridine rings is 1. The first-order chi connectivity index (χ1) is 17.3. The van der Waals surface area contributed by atoms with Crippen LogP contribution >= 0.6 is 0 Å². The number of hydrogen-bond donors (Lipinski definition) is 0. The molecule has 0 bridgehead atoms. The predicted molar refractivity (Wildman–Crippen MR) is 138 cm³/mol. The van der Waals surface area contributed by atoms with Crippen molar-refractivity contribution >= 4 is 26.4 Å². The van der Waals surface area contributed by atoms with E-state index < -0.39 is 21.1 Å². The first kappa shape index (κ1) is 24.2. The van der Waals surface area contributed by atoms with Gasteiger partial charge in [0.25, 0.3) is 11.1 Å². The van der Waals surface area contributed by atoms with Gasteiger partial charge in [0.1, 0.15) is 5.65 Å². The van der Waals surface area contributed by atoms with E-state index in [1.54, 1.807) is 48.7 Å². The second-order valence-corrected chi connectivity index (χ2v) is 11.7. The van der Waals surface area contributed by atoms with Gasteiger partial charge in [-0.2, -0.15) is 0 Å². The number of aromatic nitrogens is 4. The van der Waals surface area contributed by atoms with Crippen LogP contribution in [0.4, 0.5) is 0 Å². The lowest BCUT2D eigenvalue weighted by atomic mass is 10.0. The highest BCUT2D eigenvalue weighted by Crippen LogP contribution is 2.24. The SMILES string of the molecule is O=c1c2ccccc2n(Cc2cc(=O)n3ccccc3n2)c(=O)n1CCCS(=O)(=O)C1CCCCC1. The van der Waals surface area contributed by atoms with Crippen LogP contribution in [0.3, 0.4) is 0 Å². The van der Waals surface area contributed by atoms with E-state index in [1.807, 2.05) is 0 Å². The van der Waals surface area contributed by atoms with Crippen molar-refractivity contribution in [3.63, 3.8) is 0 Å². The van der Waals surface area contributed by atoms with Crippen molar-refractivity contribution in [3.8, 4) is 0 Å². The van der Waals surface area contributed by atoms with Gasteiger partial charge in [-0.25, -0.2) is 18.2 Å². The Morgan fingerprint density at radius 3 is 2.47 bits per heavy atom. The Bertz CT molecular complexity index is 1710. The summed E-state index contributed by atoms with van der Waals surface area (Å²) in [5.41, 5.74) is 0.0160. The fourth-order valence-corrected chi connectivity index (χ4v) is 7.00. The van der Waals surface area contributed by atoms with Crippen LogP contribution in [-0.2, 0) is 22.9 Å². The quantitative estimate of drug-likeness (QED) is 0.379. The summed E-state index contributed by atoms with van der Waals surface area (Å²) in [6, 6.07) is 13.4. The summed E-state index contributed by atoms with van der Waals surface area (Å²) >= 11 is 0. The van der Waals surface area contributed by atoms with Crippen molar-refractivity contribution in [2.24, 2.45) is 0 Å². The smallest absolute Gasteiger partial charge is 0.287 e. The van der Waals surface area contributed by atoms with Crippen LogP contribution in [0.5, 0.6) is 0 Å². The fourth-order valence-electron chi connectivity index (χ4n) is 5.08. The van der Waals surface area contributed by atoms with Gasteiger partial charge in [0.15, 0.2) is 9.84 Å². The van der Waals surface area contributed by atoms with Gasteiger partial charge in [0.2, 0.25) is 0 Å². The lowest BCUT2D eigenvalue weighted by molar-refractivity contribution is 0.481. The van der Waals surface area contributed by atoms with E-state index in [0.29, 0.717) is 35.1 Å². The molecule has 0 N–H and O–H groups in total. The average molecular weight is 509 g/mol. The standard InChI is InChI=1S/C26H28N4O5S/c31-24-17-19(27-23-13-6-7-14-28(23)24)18-30-22-12-5-4-11-21(22)25(32)29(26(30)33)15-8-16-36(34,35)20-9-2-1-3-10-20/h4-7,11-14,17,20H,1-3,8-10,15-16,18H2. The number of para-hydroxylation sites is 1. The number of nitrogens with zero attached hydrogens (tertiary/aromatic N) is 4. The van der Waals surface area contributed by atoms with Crippen molar-refractivity contribution in [1.82, 2.24) is 18.5 Å². The Morgan fingerprint density at radius 2 is 1.67 bits per heavy atom. The summed E-state index contributed by atoms with van der Waals surface area (Å²) < 4.78 is 29.5. The van der Waals surface area contributed by atoms with Gasteiger partial charge in [-0.1, -0.05) is 37.5 Å². The minimum absolute atomic E-state index is 0.000629. The molecule has 0 radical (unpaired) electrons. The minimum Gasteiger partial charge on any atom is -0.287 e. The van der Waals surface area contributed by atoms with E-state index in [2.05, 4.69) is 4.98 Å². The summed E-state index contributed by atoms with van der Waals surface area (Å²) in [4.78, 5) is 43.7. The second-order valence-electron chi connectivity index (χ2n) is 9.34. The first-order valence-electron chi connectivity index (χ1n) is 12.3. The van der Waals surface area contributed by atoms with Gasteiger partial charge in [-0.15, -0.1) is 0 Å². The summed E-state index contributed by atoms with van der Waals surface area (Å²) in [6.07, 6.45) is 6.08. The van der Waals surface area contributed by atoms with Crippen molar-refractivity contribution in [1.29, 1.82) is 0 Å². The average Bonchev–Trinajstić information content (AvgIpc) is 2.89. The highest BCUT2D eigenvalue weighted by molar-refractivity contribution is 7.92. The predicted octanol–water partition coefficient (Wildman–Crippen LogP) is 2.36. The maximum atomic E-state index is 13.5. The van der Waals surface area contributed by atoms with E-state index >= 15 is 0 Å². The highest BCUT2D eigenvalue weighted by atomic mass is 32.2. The molecule has 188 valence electrons. The Kier molecular flexibility index (Phi) is 6.61. The molecule has 1 aliphatic carbocycles. The third kappa shape index (κ3) is 4.65. The molecule has 9 nitrogen and oxygen atoms in total. The molecular weight excluding hydrogens is 480 g/mol. The molecule has 0 saturated heterocycles. The molecule has 10 heteroatoms. The molecule has 0 unspecified atom stereocenters. The Balaban J connectivity index is 1.49. The number of benzene rings is 1. The molecule has 0 aliphatic heterocycles. The molecule has 0 amide bonds. The van der Waals surface area contributed by atoms with E-state index in [-0.39, 0.29) is 36.1 Å². The van der Waals surface area contributed by atoms with Crippen LogP contribution < -0.4 is 16.8 Å². The molecule has 3 aromatic heterocycles. The molecular formula is C26H28N4O5S. The molecule has 4 aromatic rings. The Labute approximate surface area is 207 Å². The monoisotopic (exact) mass is 508 g/mol. The zero-order valence-electron chi connectivity index (χ0n) is 19.9. The van der Waals surface area contributed by atoms with Gasteiger partial charge < -0.3 is 0 Å². The zero-order chi connectivity index (χ0) is 25.3. The molecule has 1 aromatic carbocycles. The molecule has 1 fully saturated rings. The summed E-state index contributed by atoms with van der Waals surface area (Å²) in [5.74, 6) is -0.0562. The van der Waals surface area contributed by atoms with Gasteiger partial charge >= 0.3 is 5.69 Å². The maximum absolute atomic E-state index is 13.5. The highest BCUT2D eigenvalue weighted by Gasteiger charge is 2.27. The lowest BCUT2D eigenvalue weighted by Crippen LogP contribution is -2.41. The normalized spacial score (nSPS) is 15.0. The van der Waals surface area contributed by atoms with Crippen LogP contribution in [0.15, 0.2) is 69.1 Å². The van der Waals surface area contributed by atoms with Crippen LogP contribution in [-0.4, -0.2) is 37.9 Å². The number of rotatable bonds is 7. The zero-order valence-corrected chi connectivity index (χ0v) is 20.7. The van der Waals surface area contributed by atoms with Crippen LogP contribution in [0, 0.1) is 0 Å². The number of hydrogen-bond acceptors (Lipinski definition) is 6. The molecule has 5 rings (SSSR count). The molecule has 0 atom stereocenters. The minimum atomic E-state index is -3.28. The third-order valence-corrected chi connectivity index (χ3v) is 9.29. The van der Waals surface area contributed by atoms with Gasteiger partial charge in [-0.05, 0) is 43.5 Å². The Hall–Kier alpha value is -3.53.